The molecule has 2 heterocycles. The van der Waals surface area contributed by atoms with E-state index in [-0.39, 0.29) is 65.1 Å². The van der Waals surface area contributed by atoms with Gasteiger partial charge in [0.1, 0.15) is 0 Å². The van der Waals surface area contributed by atoms with Crippen molar-refractivity contribution < 1.29 is 54.0 Å². The van der Waals surface area contributed by atoms with E-state index in [1.807, 2.05) is 0 Å². The Labute approximate surface area is 188 Å². The van der Waals surface area contributed by atoms with E-state index < -0.39 is 0 Å². The maximum atomic E-state index is 3.82. The van der Waals surface area contributed by atoms with Crippen molar-refractivity contribution in [2.24, 2.45) is 0 Å². The molecule has 0 aromatic rings. The topological polar surface area (TPSA) is 72.2 Å². The summed E-state index contributed by atoms with van der Waals surface area (Å²) in [6, 6.07) is 0. The van der Waals surface area contributed by atoms with Gasteiger partial charge in [0, 0.05) is 76.5 Å². The fourth-order valence-corrected chi connectivity index (χ4v) is 3.44. The van der Waals surface area contributed by atoms with Gasteiger partial charge in [0.2, 0.25) is 0 Å². The molecule has 0 radical (unpaired) electrons. The Balaban J connectivity index is -0.00000132. The molecule has 6 nitrogen and oxygen atoms in total. The molecule has 160 valence electrons. The Hall–Kier alpha value is 1.14. The molecule has 26 heavy (non-hydrogen) atoms. The van der Waals surface area contributed by atoms with Gasteiger partial charge in [-0.2, -0.15) is 0 Å². The minimum atomic E-state index is 0. The van der Waals surface area contributed by atoms with Gasteiger partial charge in [0.15, 0.2) is 0 Å². The molecule has 0 aromatic heterocycles. The normalized spacial score (nSPS) is 30.7. The summed E-state index contributed by atoms with van der Waals surface area (Å²) in [5.41, 5.74) is 0.296. The molecule has 0 aliphatic carbocycles. The van der Waals surface area contributed by atoms with E-state index in [1.54, 1.807) is 0 Å². The predicted octanol–water partition coefficient (Wildman–Crippen LogP) is -10.1. The molecule has 0 saturated carbocycles. The standard InChI is InChI=1S/C16H36N6.3ClH.Co/c1-3-15-11-17-5-7-19-13-16(4-2,22-10-9-21-15)14-20-8-6-18-12-15;;;;/h17-22H,3-14H2,1-2H3;3*1H;/q;;;;+3/p-3. The van der Waals surface area contributed by atoms with Crippen LogP contribution in [0, 0.1) is 0 Å². The van der Waals surface area contributed by atoms with E-state index in [0.29, 0.717) is 0 Å². The number of rotatable bonds is 2. The van der Waals surface area contributed by atoms with Crippen LogP contribution in [0.25, 0.3) is 0 Å². The molecule has 10 heteroatoms. The molecule has 2 rings (SSSR count). The van der Waals surface area contributed by atoms with Crippen LogP contribution in [0.3, 0.4) is 0 Å². The zero-order valence-corrected chi connectivity index (χ0v) is 19.3. The summed E-state index contributed by atoms with van der Waals surface area (Å²) in [5, 5.41) is 22.2. The van der Waals surface area contributed by atoms with Crippen molar-refractivity contribution in [1.82, 2.24) is 31.9 Å². The van der Waals surface area contributed by atoms with Crippen LogP contribution in [0.15, 0.2) is 0 Å². The molecule has 0 aromatic carbocycles. The summed E-state index contributed by atoms with van der Waals surface area (Å²) in [4.78, 5) is 0. The molecular weight excluding hydrogens is 442 g/mol. The van der Waals surface area contributed by atoms with E-state index in [0.717, 1.165) is 78.3 Å². The van der Waals surface area contributed by atoms with Crippen LogP contribution in [0.4, 0.5) is 0 Å². The summed E-state index contributed by atoms with van der Waals surface area (Å²) in [6.07, 6.45) is 2.26. The first-order valence-electron chi connectivity index (χ1n) is 9.07. The first-order valence-corrected chi connectivity index (χ1v) is 9.07. The monoisotopic (exact) mass is 476 g/mol. The second kappa shape index (κ2) is 17.0. The van der Waals surface area contributed by atoms with Crippen molar-refractivity contribution in [3.63, 3.8) is 0 Å². The van der Waals surface area contributed by atoms with Crippen molar-refractivity contribution in [3.05, 3.63) is 0 Å². The van der Waals surface area contributed by atoms with Crippen molar-refractivity contribution in [2.75, 3.05) is 65.4 Å². The third-order valence-electron chi connectivity index (χ3n) is 5.29. The van der Waals surface area contributed by atoms with E-state index >= 15 is 0 Å². The Morgan fingerprint density at radius 1 is 0.538 bits per heavy atom. The molecular formula is C16H36Cl3CoN6. The molecule has 0 amide bonds. The van der Waals surface area contributed by atoms with Crippen LogP contribution in [0.5, 0.6) is 0 Å². The fraction of sp³-hybridized carbons (Fsp3) is 1.00. The number of nitrogens with one attached hydrogen (secondary N) is 6. The summed E-state index contributed by atoms with van der Waals surface area (Å²) in [5.74, 6) is 0. The molecule has 0 atom stereocenters. The molecule has 2 aliphatic rings. The average Bonchev–Trinajstić information content (AvgIpc) is 2.54. The Kier molecular flexibility index (Phi) is 20.8. The minimum Gasteiger partial charge on any atom is -1.00 e. The zero-order chi connectivity index (χ0) is 15.7. The van der Waals surface area contributed by atoms with Gasteiger partial charge in [-0.15, -0.1) is 0 Å². The van der Waals surface area contributed by atoms with Gasteiger partial charge in [-0.1, -0.05) is 13.8 Å². The van der Waals surface area contributed by atoms with E-state index in [4.69, 9.17) is 0 Å². The Bertz CT molecular complexity index is 282. The Morgan fingerprint density at radius 3 is 1.04 bits per heavy atom. The molecule has 6 N–H and O–H groups in total. The largest absolute Gasteiger partial charge is 3.00 e. The third-order valence-corrected chi connectivity index (χ3v) is 5.29. The number of hydrogen-bond donors (Lipinski definition) is 6. The van der Waals surface area contributed by atoms with Crippen LogP contribution in [-0.2, 0) is 16.8 Å². The van der Waals surface area contributed by atoms with Crippen LogP contribution in [0.1, 0.15) is 26.7 Å². The van der Waals surface area contributed by atoms with Gasteiger partial charge in [-0.3, -0.25) is 0 Å². The van der Waals surface area contributed by atoms with Gasteiger partial charge < -0.3 is 69.1 Å². The fourth-order valence-electron chi connectivity index (χ4n) is 3.44. The first kappa shape index (κ1) is 31.8. The summed E-state index contributed by atoms with van der Waals surface area (Å²) >= 11 is 0. The van der Waals surface area contributed by atoms with Crippen molar-refractivity contribution in [1.29, 1.82) is 0 Å². The SMILES string of the molecule is CCC12CNCCNCC(CC)(CNCCNC1)NCCN2.[Cl-].[Cl-].[Cl-].[Co+3]. The van der Waals surface area contributed by atoms with Crippen LogP contribution < -0.4 is 69.1 Å². The third kappa shape index (κ3) is 10.1. The number of halogens is 3. The molecule has 2 saturated heterocycles. The van der Waals surface area contributed by atoms with Gasteiger partial charge in [0.05, 0.1) is 0 Å². The van der Waals surface area contributed by atoms with Gasteiger partial charge in [-0.05, 0) is 12.8 Å². The van der Waals surface area contributed by atoms with Gasteiger partial charge >= 0.3 is 16.8 Å². The Morgan fingerprint density at radius 2 is 0.808 bits per heavy atom. The zero-order valence-electron chi connectivity index (χ0n) is 16.0. The molecule has 2 fully saturated rings. The van der Waals surface area contributed by atoms with Crippen LogP contribution >= 0.6 is 0 Å². The minimum absolute atomic E-state index is 0. The van der Waals surface area contributed by atoms with E-state index in [9.17, 15) is 0 Å². The van der Waals surface area contributed by atoms with Crippen molar-refractivity contribution in [3.8, 4) is 0 Å². The second-order valence-electron chi connectivity index (χ2n) is 6.83. The molecule has 2 aliphatic heterocycles. The molecule has 0 unspecified atom stereocenters. The maximum Gasteiger partial charge on any atom is 3.00 e. The average molecular weight is 478 g/mol. The van der Waals surface area contributed by atoms with Crippen LogP contribution in [0.2, 0.25) is 0 Å². The second-order valence-corrected chi connectivity index (χ2v) is 6.83. The summed E-state index contributed by atoms with van der Waals surface area (Å²) < 4.78 is 0. The van der Waals surface area contributed by atoms with E-state index in [1.165, 1.54) is 0 Å². The van der Waals surface area contributed by atoms with Crippen LogP contribution in [-0.4, -0.2) is 76.5 Å². The van der Waals surface area contributed by atoms with E-state index in [2.05, 4.69) is 45.7 Å². The number of hydrogen-bond acceptors (Lipinski definition) is 6. The van der Waals surface area contributed by atoms with Gasteiger partial charge in [-0.25, -0.2) is 0 Å². The van der Waals surface area contributed by atoms with Crippen molar-refractivity contribution >= 4 is 0 Å². The van der Waals surface area contributed by atoms with Crippen molar-refractivity contribution in [2.45, 2.75) is 37.8 Å². The first-order chi connectivity index (χ1) is 10.7. The summed E-state index contributed by atoms with van der Waals surface area (Å²) in [6.45, 7) is 14.8. The van der Waals surface area contributed by atoms with Gasteiger partial charge in [0.25, 0.3) is 0 Å². The molecule has 2 bridgehead atoms. The predicted molar refractivity (Wildman–Crippen MR) is 93.5 cm³/mol. The number of fused-ring (bicyclic) bond motifs is 5. The quantitative estimate of drug-likeness (QED) is 0.237. The smallest absolute Gasteiger partial charge is 1.00 e. The maximum absolute atomic E-state index is 3.82. The molecule has 0 spiro atoms. The summed E-state index contributed by atoms with van der Waals surface area (Å²) in [7, 11) is 0.